The summed E-state index contributed by atoms with van der Waals surface area (Å²) in [5.74, 6) is 0. The zero-order valence-corrected chi connectivity index (χ0v) is 23.9. The van der Waals surface area contributed by atoms with Crippen LogP contribution >= 0.6 is 23.5 Å². The van der Waals surface area contributed by atoms with E-state index in [1.165, 1.54) is 0 Å². The molecule has 0 bridgehead atoms. The first-order valence-electron chi connectivity index (χ1n) is 2.19. The molecule has 0 N–H and O–H groups in total. The molecule has 2 radical (unpaired) electrons. The molecule has 0 aliphatic carbocycles. The fourth-order valence-corrected chi connectivity index (χ4v) is 0. The number of hydrogen-bond acceptors (Lipinski definition) is 12. The molecule has 0 saturated heterocycles. The quantitative estimate of drug-likeness (QED) is 0.170. The van der Waals surface area contributed by atoms with Gasteiger partial charge in [-0.25, -0.2) is 0 Å². The predicted octanol–water partition coefficient (Wildman–Crippen LogP) is -8.86. The Kier molecular flexibility index (Phi) is 43.4. The third-order valence-corrected chi connectivity index (χ3v) is 0. The van der Waals surface area contributed by atoms with Crippen LogP contribution < -0.4 is 44.0 Å². The summed E-state index contributed by atoms with van der Waals surface area (Å²) in [6, 6.07) is 0. The van der Waals surface area contributed by atoms with Crippen LogP contribution in [0.15, 0.2) is 0 Å². The van der Waals surface area contributed by atoms with Crippen LogP contribution in [0.25, 0.3) is 0 Å². The van der Waals surface area contributed by atoms with Crippen molar-refractivity contribution in [2.45, 2.75) is 0 Å². The second kappa shape index (κ2) is 19.1. The van der Waals surface area contributed by atoms with Gasteiger partial charge in [0.15, 0.2) is 0 Å². The Morgan fingerprint density at radius 1 is 0.421 bits per heavy atom. The molecule has 19 heteroatoms. The van der Waals surface area contributed by atoms with Crippen molar-refractivity contribution >= 4 is 49.7 Å². The summed E-state index contributed by atoms with van der Waals surface area (Å²) < 4.78 is 25.6. The molecule has 0 aliphatic heterocycles. The van der Waals surface area contributed by atoms with Crippen LogP contribution in [0.4, 0.5) is 0 Å². The van der Waals surface area contributed by atoms with E-state index in [0.29, 0.717) is 0 Å². The van der Waals surface area contributed by atoms with Crippen molar-refractivity contribution in [2.75, 3.05) is 0 Å². The Balaban J connectivity index is -0.0000000206. The molecule has 0 heterocycles. The van der Waals surface area contributed by atoms with E-state index in [1.54, 1.807) is 0 Å². The summed E-state index contributed by atoms with van der Waals surface area (Å²) in [6.45, 7) is 0. The van der Waals surface area contributed by atoms with E-state index in [-0.39, 0.29) is 84.6 Å². The van der Waals surface area contributed by atoms with Gasteiger partial charge in [-0.2, -0.15) is 23.5 Å². The molecule has 0 atom stereocenters. The molecule has 0 rings (SSSR count). The second-order valence-electron chi connectivity index (χ2n) is 1.34. The van der Waals surface area contributed by atoms with Gasteiger partial charge in [0.1, 0.15) is 0 Å². The molecule has 0 saturated carbocycles. The summed E-state index contributed by atoms with van der Waals surface area (Å²) in [7, 11) is -16.2. The normalized spacial score (nSPS) is 9.32. The monoisotopic (exact) mass is 686 g/mol. The summed E-state index contributed by atoms with van der Waals surface area (Å²) in [4.78, 5) is 76.9. The van der Waals surface area contributed by atoms with Crippen molar-refractivity contribution < 1.29 is 116 Å². The van der Waals surface area contributed by atoms with Gasteiger partial charge >= 0.3 is 84.6 Å². The van der Waals surface area contributed by atoms with E-state index in [2.05, 4.69) is 0 Å². The molecule has 0 amide bonds. The molecule has 98 valence electrons. The van der Waals surface area contributed by atoms with Gasteiger partial charge in [0, 0.05) is 0 Å². The number of hydrogen-bond donors (Lipinski definition) is 0. The maximum atomic E-state index is 8.55. The van der Waals surface area contributed by atoms with E-state index in [1.807, 2.05) is 0 Å². The van der Waals surface area contributed by atoms with Crippen LogP contribution in [0.3, 0.4) is 0 Å². The minimum Gasteiger partial charge on any atom is -0.822 e. The van der Waals surface area contributed by atoms with Crippen LogP contribution in [-0.4, -0.2) is 26.2 Å². The third-order valence-electron chi connectivity index (χ3n) is 0. The van der Waals surface area contributed by atoms with Gasteiger partial charge in [0.25, 0.3) is 0 Å². The molecule has 0 aromatic heterocycles. The topological polar surface area (TPSA) is 259 Å². The van der Waals surface area contributed by atoms with Crippen LogP contribution in [0.5, 0.6) is 0 Å². The van der Waals surface area contributed by atoms with Crippen LogP contribution in [0, 0.1) is 0 Å². The van der Waals surface area contributed by atoms with Gasteiger partial charge < -0.3 is 57.7 Å². The fourth-order valence-electron chi connectivity index (χ4n) is 0. The zero-order valence-electron chi connectivity index (χ0n) is 8.81. The van der Waals surface area contributed by atoms with Gasteiger partial charge in [-0.15, -0.1) is 0 Å². The third kappa shape index (κ3) is 808. The molecule has 0 fully saturated rings. The fraction of sp³-hybridized carbons (Fsp3) is 0. The largest absolute Gasteiger partial charge is 3.00 e. The Morgan fingerprint density at radius 2 is 0.421 bits per heavy atom. The maximum Gasteiger partial charge on any atom is 3.00 e. The average molecular weight is 690 g/mol. The van der Waals surface area contributed by atoms with Gasteiger partial charge in [0.05, 0.1) is 0 Å². The van der Waals surface area contributed by atoms with E-state index >= 15 is 0 Å². The van der Waals surface area contributed by atoms with Crippen molar-refractivity contribution in [1.82, 2.24) is 0 Å². The minimum absolute atomic E-state index is 0. The predicted molar refractivity (Wildman–Crippen MR) is 28.6 cm³/mol. The van der Waals surface area contributed by atoms with Crippen LogP contribution in [0.2, 0.25) is 0 Å². The van der Waals surface area contributed by atoms with E-state index < -0.39 is 23.5 Å². The van der Waals surface area contributed by atoms with Crippen molar-refractivity contribution in [3.8, 4) is 0 Å². The molecule has 12 nitrogen and oxygen atoms in total. The minimum atomic E-state index is -5.39. The molecule has 0 spiro atoms. The SMILES string of the molecule is O=P([O-])([O-])[O-].O=P([O-])([O-])[O-].O=P([O-])([O-])[O-].[Bi+3].[Zn+2].[Zn+2].[Zn+2]. The van der Waals surface area contributed by atoms with Crippen LogP contribution in [-0.2, 0) is 72.1 Å². The maximum absolute atomic E-state index is 8.55. The first-order chi connectivity index (χ1) is 6.00. The number of rotatable bonds is 0. The first-order valence-corrected chi connectivity index (χ1v) is 6.57. The van der Waals surface area contributed by atoms with Gasteiger partial charge in [-0.1, -0.05) is 0 Å². The van der Waals surface area contributed by atoms with Crippen molar-refractivity contribution in [3.05, 3.63) is 0 Å². The van der Waals surface area contributed by atoms with Crippen LogP contribution in [0.1, 0.15) is 0 Å². The van der Waals surface area contributed by atoms with E-state index in [9.17, 15) is 0 Å². The summed E-state index contributed by atoms with van der Waals surface area (Å²) >= 11 is 0. The standard InChI is InChI=1S/Bi.3H3O4P.3Zn/c;3*1-5(2,3)4;;;/h;3*(H3,1,2,3,4);;;/q+3;;;;3*+2/p-9. The summed E-state index contributed by atoms with van der Waals surface area (Å²) in [5, 5.41) is 0. The van der Waals surface area contributed by atoms with Crippen molar-refractivity contribution in [2.24, 2.45) is 0 Å². The van der Waals surface area contributed by atoms with E-state index in [4.69, 9.17) is 57.7 Å². The van der Waals surface area contributed by atoms with E-state index in [0.717, 1.165) is 0 Å². The molecule has 0 unspecified atom stereocenters. The molecule has 19 heavy (non-hydrogen) atoms. The Hall–Kier alpha value is 3.08. The second-order valence-corrected chi connectivity index (χ2v) is 4.02. The molecule has 0 aliphatic rings. The first kappa shape index (κ1) is 43.1. The Morgan fingerprint density at radius 3 is 0.421 bits per heavy atom. The zero-order chi connectivity index (χ0) is 13.5. The van der Waals surface area contributed by atoms with Gasteiger partial charge in [-0.3, -0.25) is 0 Å². The van der Waals surface area contributed by atoms with Gasteiger partial charge in [-0.05, 0) is 0 Å². The smallest absolute Gasteiger partial charge is 0.822 e. The Bertz CT molecular complexity index is 214. The van der Waals surface area contributed by atoms with Crippen molar-refractivity contribution in [1.29, 1.82) is 0 Å². The summed E-state index contributed by atoms with van der Waals surface area (Å²) in [6.07, 6.45) is 0. The molecule has 0 aromatic carbocycles. The molecular formula is BiO12P3Zn3. The number of phosphoric acid groups is 3. The molecular weight excluding hydrogens is 690 g/mol. The van der Waals surface area contributed by atoms with Crippen molar-refractivity contribution in [3.63, 3.8) is 0 Å². The average Bonchev–Trinajstić information content (AvgIpc) is 1.41. The molecule has 0 aromatic rings. The summed E-state index contributed by atoms with van der Waals surface area (Å²) in [5.41, 5.74) is 0. The van der Waals surface area contributed by atoms with Gasteiger partial charge in [0.2, 0.25) is 0 Å². The Labute approximate surface area is 164 Å².